The molecule has 3 rings (SSSR count). The number of nitrogens with zero attached hydrogens (tertiary/aromatic N) is 2. The van der Waals surface area contributed by atoms with E-state index in [4.69, 9.17) is 11.6 Å². The molecular formula is C14H18ClN3S2. The first kappa shape index (κ1) is 14.4. The lowest BCUT2D eigenvalue weighted by Gasteiger charge is -2.23. The summed E-state index contributed by atoms with van der Waals surface area (Å²) in [6.07, 6.45) is 3.59. The first-order valence-electron chi connectivity index (χ1n) is 6.93. The molecule has 3 nitrogen and oxygen atoms in total. The minimum Gasteiger partial charge on any atom is -0.368 e. The van der Waals surface area contributed by atoms with Crippen molar-refractivity contribution in [2.45, 2.75) is 37.9 Å². The second-order valence-corrected chi connectivity index (χ2v) is 8.52. The van der Waals surface area contributed by atoms with Gasteiger partial charge in [-0.3, -0.25) is 0 Å². The molecule has 1 aliphatic heterocycles. The molecule has 1 N–H and O–H groups in total. The minimum absolute atomic E-state index is 0.313. The zero-order valence-corrected chi connectivity index (χ0v) is 14.1. The molecule has 0 saturated carbocycles. The Bertz CT molecular complexity index is 620. The molecule has 2 aromatic heterocycles. The molecule has 0 radical (unpaired) electrons. The summed E-state index contributed by atoms with van der Waals surface area (Å²) in [5.74, 6) is 2.14. The summed E-state index contributed by atoms with van der Waals surface area (Å²) < 4.78 is 0.313. The number of nitrogens with one attached hydrogen (secondary N) is 1. The first-order chi connectivity index (χ1) is 9.59. The normalized spacial score (nSPS) is 22.6. The van der Waals surface area contributed by atoms with Crippen LogP contribution in [0.3, 0.4) is 0 Å². The molecule has 0 aromatic carbocycles. The van der Waals surface area contributed by atoms with Crippen molar-refractivity contribution in [1.29, 1.82) is 0 Å². The Labute approximate surface area is 132 Å². The van der Waals surface area contributed by atoms with Crippen LogP contribution < -0.4 is 5.32 Å². The lowest BCUT2D eigenvalue weighted by atomic mass is 10.1. The summed E-state index contributed by atoms with van der Waals surface area (Å²) in [6, 6.07) is 2.18. The Hall–Kier alpha value is -0.520. The van der Waals surface area contributed by atoms with Gasteiger partial charge in [0.15, 0.2) is 0 Å². The largest absolute Gasteiger partial charge is 0.368 e. The highest BCUT2D eigenvalue weighted by molar-refractivity contribution is 8.00. The molecule has 1 atom stereocenters. The van der Waals surface area contributed by atoms with Gasteiger partial charge in [-0.25, -0.2) is 9.97 Å². The van der Waals surface area contributed by atoms with E-state index in [2.05, 4.69) is 35.2 Å². The number of halogens is 1. The fourth-order valence-electron chi connectivity index (χ4n) is 2.50. The van der Waals surface area contributed by atoms with Crippen molar-refractivity contribution in [2.24, 2.45) is 0 Å². The Balaban J connectivity index is 1.88. The van der Waals surface area contributed by atoms with E-state index in [1.54, 1.807) is 11.3 Å². The van der Waals surface area contributed by atoms with Crippen LogP contribution in [0.4, 0.5) is 5.82 Å². The van der Waals surface area contributed by atoms with Gasteiger partial charge in [-0.2, -0.15) is 11.8 Å². The zero-order valence-electron chi connectivity index (χ0n) is 11.7. The van der Waals surface area contributed by atoms with Gasteiger partial charge in [0.25, 0.3) is 0 Å². The number of thioether (sulfide) groups is 1. The predicted octanol–water partition coefficient (Wildman–Crippen LogP) is 4.60. The van der Waals surface area contributed by atoms with Crippen LogP contribution in [0.5, 0.6) is 0 Å². The maximum atomic E-state index is 6.05. The van der Waals surface area contributed by atoms with Crippen LogP contribution in [0.2, 0.25) is 5.28 Å². The van der Waals surface area contributed by atoms with Crippen LogP contribution in [-0.2, 0) is 6.42 Å². The van der Waals surface area contributed by atoms with E-state index in [1.807, 2.05) is 11.8 Å². The van der Waals surface area contributed by atoms with Crippen LogP contribution in [0.25, 0.3) is 10.2 Å². The van der Waals surface area contributed by atoms with Crippen LogP contribution in [-0.4, -0.2) is 27.0 Å². The smallest absolute Gasteiger partial charge is 0.225 e. The van der Waals surface area contributed by atoms with Crippen molar-refractivity contribution in [3.8, 4) is 0 Å². The van der Waals surface area contributed by atoms with Crippen molar-refractivity contribution in [1.82, 2.24) is 9.97 Å². The third-order valence-corrected chi connectivity index (χ3v) is 6.58. The molecule has 3 heterocycles. The minimum atomic E-state index is 0.313. The summed E-state index contributed by atoms with van der Waals surface area (Å²) in [7, 11) is 0. The molecule has 0 amide bonds. The number of aromatic nitrogens is 2. The number of hydrogen-bond donors (Lipinski definition) is 1. The Morgan fingerprint density at radius 2 is 2.30 bits per heavy atom. The fourth-order valence-corrected chi connectivity index (χ4v) is 4.93. The van der Waals surface area contributed by atoms with Gasteiger partial charge < -0.3 is 5.32 Å². The van der Waals surface area contributed by atoms with Gasteiger partial charge in [0.05, 0.1) is 5.39 Å². The fraction of sp³-hybridized carbons (Fsp3) is 0.571. The van der Waals surface area contributed by atoms with E-state index in [1.165, 1.54) is 23.5 Å². The number of fused-ring (bicyclic) bond motifs is 1. The molecule has 1 unspecified atom stereocenters. The Kier molecular flexibility index (Phi) is 4.11. The summed E-state index contributed by atoms with van der Waals surface area (Å²) in [6.45, 7) is 5.41. The average molecular weight is 328 g/mol. The lowest BCUT2D eigenvalue weighted by Crippen LogP contribution is -2.27. The summed E-state index contributed by atoms with van der Waals surface area (Å²) in [5, 5.41) is 4.93. The van der Waals surface area contributed by atoms with Gasteiger partial charge in [-0.1, -0.05) is 6.92 Å². The number of rotatable bonds is 4. The molecule has 1 aliphatic rings. The van der Waals surface area contributed by atoms with Crippen molar-refractivity contribution in [3.63, 3.8) is 0 Å². The molecule has 2 aromatic rings. The standard InChI is InChI=1S/C14H18ClN3S2/c1-3-9-7-10-11(17-13(15)18-12(10)20-9)16-8-14(2)5-4-6-19-14/h7H,3-6,8H2,1-2H3,(H,16,17,18). The van der Waals surface area contributed by atoms with Gasteiger partial charge in [0.2, 0.25) is 5.28 Å². The quantitative estimate of drug-likeness (QED) is 0.832. The maximum absolute atomic E-state index is 6.05. The number of hydrogen-bond acceptors (Lipinski definition) is 5. The first-order valence-corrected chi connectivity index (χ1v) is 9.11. The van der Waals surface area contributed by atoms with Gasteiger partial charge in [-0.05, 0) is 49.6 Å². The number of aryl methyl sites for hydroxylation is 1. The average Bonchev–Trinajstić information content (AvgIpc) is 3.02. The van der Waals surface area contributed by atoms with Crippen LogP contribution in [0, 0.1) is 0 Å². The molecule has 0 aliphatic carbocycles. The van der Waals surface area contributed by atoms with Gasteiger partial charge in [-0.15, -0.1) is 11.3 Å². The SMILES string of the molecule is CCc1cc2c(NCC3(C)CCCS3)nc(Cl)nc2s1. The second kappa shape index (κ2) is 5.70. The molecule has 6 heteroatoms. The molecule has 0 spiro atoms. The number of thiophene rings is 1. The Morgan fingerprint density at radius 1 is 1.45 bits per heavy atom. The summed E-state index contributed by atoms with van der Waals surface area (Å²) >= 11 is 9.79. The van der Waals surface area contributed by atoms with Crippen molar-refractivity contribution >= 4 is 50.7 Å². The third kappa shape index (κ3) is 2.90. The second-order valence-electron chi connectivity index (χ2n) is 5.38. The predicted molar refractivity (Wildman–Crippen MR) is 90.4 cm³/mol. The Morgan fingerprint density at radius 3 is 3.00 bits per heavy atom. The van der Waals surface area contributed by atoms with Crippen LogP contribution in [0.1, 0.15) is 31.6 Å². The van der Waals surface area contributed by atoms with Crippen molar-refractivity contribution < 1.29 is 0 Å². The van der Waals surface area contributed by atoms with E-state index >= 15 is 0 Å². The summed E-state index contributed by atoms with van der Waals surface area (Å²) in [4.78, 5) is 11.0. The molecule has 20 heavy (non-hydrogen) atoms. The molecule has 1 saturated heterocycles. The highest BCUT2D eigenvalue weighted by Crippen LogP contribution is 2.38. The number of anilines is 1. The summed E-state index contributed by atoms with van der Waals surface area (Å²) in [5.41, 5.74) is 0. The van der Waals surface area contributed by atoms with E-state index < -0.39 is 0 Å². The van der Waals surface area contributed by atoms with Crippen LogP contribution in [0.15, 0.2) is 6.07 Å². The van der Waals surface area contributed by atoms with E-state index in [0.717, 1.165) is 29.0 Å². The highest BCUT2D eigenvalue weighted by atomic mass is 35.5. The lowest BCUT2D eigenvalue weighted by molar-refractivity contribution is 0.634. The third-order valence-electron chi connectivity index (χ3n) is 3.70. The zero-order chi connectivity index (χ0) is 14.2. The molecular weight excluding hydrogens is 310 g/mol. The van der Waals surface area contributed by atoms with Crippen molar-refractivity contribution in [2.75, 3.05) is 17.6 Å². The van der Waals surface area contributed by atoms with E-state index in [0.29, 0.717) is 10.0 Å². The topological polar surface area (TPSA) is 37.8 Å². The molecule has 108 valence electrons. The molecule has 1 fully saturated rings. The van der Waals surface area contributed by atoms with Gasteiger partial charge in [0.1, 0.15) is 10.6 Å². The molecule has 0 bridgehead atoms. The highest BCUT2D eigenvalue weighted by Gasteiger charge is 2.29. The van der Waals surface area contributed by atoms with Gasteiger partial charge >= 0.3 is 0 Å². The maximum Gasteiger partial charge on any atom is 0.225 e. The monoisotopic (exact) mass is 327 g/mol. The van der Waals surface area contributed by atoms with E-state index in [-0.39, 0.29) is 0 Å². The van der Waals surface area contributed by atoms with Crippen molar-refractivity contribution in [3.05, 3.63) is 16.2 Å². The van der Waals surface area contributed by atoms with Crippen LogP contribution >= 0.6 is 34.7 Å². The van der Waals surface area contributed by atoms with E-state index in [9.17, 15) is 0 Å². The van der Waals surface area contributed by atoms with Gasteiger partial charge in [0, 0.05) is 16.2 Å².